The fourth-order valence-electron chi connectivity index (χ4n) is 1.79. The molecule has 0 radical (unpaired) electrons. The molecule has 0 saturated heterocycles. The third-order valence-corrected chi connectivity index (χ3v) is 2.90. The van der Waals surface area contributed by atoms with Crippen molar-refractivity contribution in [3.8, 4) is 0 Å². The van der Waals surface area contributed by atoms with Gasteiger partial charge in [0.2, 0.25) is 0 Å². The van der Waals surface area contributed by atoms with Crippen LogP contribution in [-0.4, -0.2) is 65.9 Å². The smallest absolute Gasteiger partial charge is 0.0701 e. The Balaban J connectivity index is 2.99. The van der Waals surface area contributed by atoms with E-state index >= 15 is 0 Å². The predicted molar refractivity (Wildman–Crippen MR) is 81.3 cm³/mol. The van der Waals surface area contributed by atoms with Gasteiger partial charge < -0.3 is 24.3 Å². The molecule has 0 amide bonds. The van der Waals surface area contributed by atoms with Crippen LogP contribution < -0.4 is 5.32 Å². The van der Waals surface area contributed by atoms with Crippen LogP contribution >= 0.6 is 0 Å². The van der Waals surface area contributed by atoms with Crippen molar-refractivity contribution in [1.82, 2.24) is 5.32 Å². The Hall–Kier alpha value is -0.200. The van der Waals surface area contributed by atoms with E-state index in [2.05, 4.69) is 19.2 Å². The topological polar surface area (TPSA) is 49.0 Å². The normalized spacial score (nSPS) is 12.8. The minimum atomic E-state index is 0.612. The molecule has 1 atom stereocenters. The fourth-order valence-corrected chi connectivity index (χ4v) is 1.79. The summed E-state index contributed by atoms with van der Waals surface area (Å²) in [5, 5.41) is 3.41. The maximum atomic E-state index is 5.51. The van der Waals surface area contributed by atoms with Gasteiger partial charge in [-0.1, -0.05) is 6.92 Å². The molecule has 0 aromatic rings. The second-order valence-electron chi connectivity index (χ2n) is 4.78. The van der Waals surface area contributed by atoms with Gasteiger partial charge in [0, 0.05) is 19.8 Å². The SMILES string of the molecule is CCNC(C)CCCCOCCOCCOCCOC. The minimum absolute atomic E-state index is 0.612. The Morgan fingerprint density at radius 1 is 0.800 bits per heavy atom. The summed E-state index contributed by atoms with van der Waals surface area (Å²) in [6.07, 6.45) is 3.55. The third kappa shape index (κ3) is 15.9. The summed E-state index contributed by atoms with van der Waals surface area (Å²) < 4.78 is 21.1. The van der Waals surface area contributed by atoms with E-state index in [1.54, 1.807) is 7.11 Å². The Morgan fingerprint density at radius 2 is 1.35 bits per heavy atom. The molecule has 0 fully saturated rings. The highest BCUT2D eigenvalue weighted by Crippen LogP contribution is 2.00. The molecule has 0 spiro atoms. The van der Waals surface area contributed by atoms with Crippen molar-refractivity contribution in [2.75, 3.05) is 59.9 Å². The highest BCUT2D eigenvalue weighted by Gasteiger charge is 1.98. The molecule has 1 unspecified atom stereocenters. The highest BCUT2D eigenvalue weighted by atomic mass is 16.6. The fraction of sp³-hybridized carbons (Fsp3) is 1.00. The molecule has 0 aliphatic rings. The monoisotopic (exact) mass is 291 g/mol. The summed E-state index contributed by atoms with van der Waals surface area (Å²) in [5.41, 5.74) is 0. The zero-order valence-electron chi connectivity index (χ0n) is 13.5. The number of unbranched alkanes of at least 4 members (excludes halogenated alkanes) is 1. The van der Waals surface area contributed by atoms with Gasteiger partial charge in [0.1, 0.15) is 0 Å². The Kier molecular flexibility index (Phi) is 16.7. The van der Waals surface area contributed by atoms with Crippen molar-refractivity contribution in [3.05, 3.63) is 0 Å². The van der Waals surface area contributed by atoms with Gasteiger partial charge in [-0.25, -0.2) is 0 Å². The van der Waals surface area contributed by atoms with Gasteiger partial charge in [-0.3, -0.25) is 0 Å². The van der Waals surface area contributed by atoms with Crippen LogP contribution in [0.4, 0.5) is 0 Å². The zero-order chi connectivity index (χ0) is 14.9. The summed E-state index contributed by atoms with van der Waals surface area (Å²) in [5.74, 6) is 0. The summed E-state index contributed by atoms with van der Waals surface area (Å²) in [4.78, 5) is 0. The maximum Gasteiger partial charge on any atom is 0.0701 e. The van der Waals surface area contributed by atoms with E-state index in [-0.39, 0.29) is 0 Å². The average molecular weight is 291 g/mol. The standard InChI is InChI=1S/C15H33NO4/c1-4-16-15(2)7-5-6-8-18-11-12-20-14-13-19-10-9-17-3/h15-16H,4-14H2,1-3H3. The van der Waals surface area contributed by atoms with E-state index in [9.17, 15) is 0 Å². The number of nitrogens with one attached hydrogen (secondary N) is 1. The van der Waals surface area contributed by atoms with Crippen LogP contribution in [0.1, 0.15) is 33.1 Å². The van der Waals surface area contributed by atoms with E-state index in [4.69, 9.17) is 18.9 Å². The molecule has 0 heterocycles. The van der Waals surface area contributed by atoms with Gasteiger partial charge in [0.05, 0.1) is 39.6 Å². The quantitative estimate of drug-likeness (QED) is 0.440. The van der Waals surface area contributed by atoms with Crippen LogP contribution in [0.5, 0.6) is 0 Å². The molecular formula is C15H33NO4. The first-order chi connectivity index (χ1) is 9.81. The number of hydrogen-bond acceptors (Lipinski definition) is 5. The van der Waals surface area contributed by atoms with E-state index in [0.29, 0.717) is 45.7 Å². The lowest BCUT2D eigenvalue weighted by Crippen LogP contribution is -2.25. The Bertz CT molecular complexity index is 181. The highest BCUT2D eigenvalue weighted by molar-refractivity contribution is 4.58. The van der Waals surface area contributed by atoms with Crippen LogP contribution in [-0.2, 0) is 18.9 Å². The number of ether oxygens (including phenoxy) is 4. The second-order valence-corrected chi connectivity index (χ2v) is 4.78. The third-order valence-electron chi connectivity index (χ3n) is 2.90. The number of rotatable bonds is 16. The first-order valence-electron chi connectivity index (χ1n) is 7.76. The Labute approximate surface area is 124 Å². The van der Waals surface area contributed by atoms with Crippen molar-refractivity contribution < 1.29 is 18.9 Å². The Morgan fingerprint density at radius 3 is 1.90 bits per heavy atom. The molecule has 0 aliphatic carbocycles. The van der Waals surface area contributed by atoms with Crippen LogP contribution in [0.25, 0.3) is 0 Å². The molecule has 20 heavy (non-hydrogen) atoms. The molecular weight excluding hydrogens is 258 g/mol. The summed E-state index contributed by atoms with van der Waals surface area (Å²) in [6.45, 7) is 10.0. The van der Waals surface area contributed by atoms with Crippen LogP contribution in [0, 0.1) is 0 Å². The summed E-state index contributed by atoms with van der Waals surface area (Å²) in [6, 6.07) is 0.612. The lowest BCUT2D eigenvalue weighted by Gasteiger charge is -2.11. The van der Waals surface area contributed by atoms with Crippen molar-refractivity contribution in [2.24, 2.45) is 0 Å². The molecule has 5 nitrogen and oxygen atoms in total. The van der Waals surface area contributed by atoms with Crippen molar-refractivity contribution in [1.29, 1.82) is 0 Å². The second kappa shape index (κ2) is 16.9. The van der Waals surface area contributed by atoms with E-state index in [1.807, 2.05) is 0 Å². The van der Waals surface area contributed by atoms with E-state index in [0.717, 1.165) is 19.6 Å². The molecule has 0 rings (SSSR count). The largest absolute Gasteiger partial charge is 0.382 e. The van der Waals surface area contributed by atoms with E-state index in [1.165, 1.54) is 12.8 Å². The van der Waals surface area contributed by atoms with Crippen molar-refractivity contribution >= 4 is 0 Å². The number of hydrogen-bond donors (Lipinski definition) is 1. The van der Waals surface area contributed by atoms with Gasteiger partial charge in [-0.05, 0) is 32.7 Å². The molecule has 5 heteroatoms. The molecule has 0 bridgehead atoms. The number of methoxy groups -OCH3 is 1. The van der Waals surface area contributed by atoms with Crippen molar-refractivity contribution in [3.63, 3.8) is 0 Å². The molecule has 0 aromatic carbocycles. The predicted octanol–water partition coefficient (Wildman–Crippen LogP) is 1.85. The lowest BCUT2D eigenvalue weighted by atomic mass is 10.1. The first-order valence-corrected chi connectivity index (χ1v) is 7.76. The van der Waals surface area contributed by atoms with Gasteiger partial charge in [-0.15, -0.1) is 0 Å². The molecule has 122 valence electrons. The van der Waals surface area contributed by atoms with Gasteiger partial charge in [0.25, 0.3) is 0 Å². The van der Waals surface area contributed by atoms with Crippen LogP contribution in [0.2, 0.25) is 0 Å². The molecule has 0 saturated carbocycles. The maximum absolute atomic E-state index is 5.51. The zero-order valence-corrected chi connectivity index (χ0v) is 13.5. The van der Waals surface area contributed by atoms with Gasteiger partial charge >= 0.3 is 0 Å². The molecule has 0 aromatic heterocycles. The molecule has 0 aliphatic heterocycles. The van der Waals surface area contributed by atoms with Gasteiger partial charge in [-0.2, -0.15) is 0 Å². The lowest BCUT2D eigenvalue weighted by molar-refractivity contribution is 0.00321. The van der Waals surface area contributed by atoms with Crippen LogP contribution in [0.3, 0.4) is 0 Å². The van der Waals surface area contributed by atoms with Crippen molar-refractivity contribution in [2.45, 2.75) is 39.2 Å². The average Bonchev–Trinajstić information content (AvgIpc) is 2.44. The minimum Gasteiger partial charge on any atom is -0.382 e. The molecule has 1 N–H and O–H groups in total. The summed E-state index contributed by atoms with van der Waals surface area (Å²) >= 11 is 0. The van der Waals surface area contributed by atoms with Crippen LogP contribution in [0.15, 0.2) is 0 Å². The van der Waals surface area contributed by atoms with E-state index < -0.39 is 0 Å². The summed E-state index contributed by atoms with van der Waals surface area (Å²) in [7, 11) is 1.66. The van der Waals surface area contributed by atoms with Gasteiger partial charge in [0.15, 0.2) is 0 Å². The first kappa shape index (κ1) is 19.8.